The third-order valence-corrected chi connectivity index (χ3v) is 9.25. The van der Waals surface area contributed by atoms with E-state index in [1.807, 2.05) is 6.08 Å². The van der Waals surface area contributed by atoms with Gasteiger partial charge in [0.25, 0.3) is 0 Å². The van der Waals surface area contributed by atoms with Crippen LogP contribution in [-0.2, 0) is 9.59 Å². The molecule has 0 aromatic rings. The third kappa shape index (κ3) is 2.38. The van der Waals surface area contributed by atoms with Gasteiger partial charge in [-0.3, -0.25) is 9.59 Å². The molecule has 27 heavy (non-hydrogen) atoms. The number of hydrogen-bond acceptors (Lipinski definition) is 3. The molecule has 0 bridgehead atoms. The van der Waals surface area contributed by atoms with Gasteiger partial charge in [-0.05, 0) is 78.3 Å². The fourth-order valence-electron chi connectivity index (χ4n) is 7.56. The molecule has 0 spiro atoms. The number of carboxylic acids is 1. The summed E-state index contributed by atoms with van der Waals surface area (Å²) in [6, 6.07) is 0. The van der Waals surface area contributed by atoms with E-state index in [0.717, 1.165) is 36.8 Å². The molecule has 4 aliphatic carbocycles. The summed E-state index contributed by atoms with van der Waals surface area (Å²) >= 11 is 0. The van der Waals surface area contributed by atoms with Gasteiger partial charge in [0.05, 0.1) is 12.0 Å². The average Bonchev–Trinajstić information content (AvgIpc) is 2.81. The van der Waals surface area contributed by atoms with Gasteiger partial charge in [0.15, 0.2) is 5.78 Å². The van der Waals surface area contributed by atoms with Crippen molar-refractivity contribution in [1.82, 2.24) is 0 Å². The van der Waals surface area contributed by atoms with Crippen molar-refractivity contribution in [2.45, 2.75) is 71.3 Å². The Labute approximate surface area is 161 Å². The Balaban J connectivity index is 1.73. The maximum Gasteiger partial charge on any atom is 0.306 e. The number of hydrogen-bond donors (Lipinski definition) is 2. The van der Waals surface area contributed by atoms with E-state index >= 15 is 0 Å². The molecule has 4 nitrogen and oxygen atoms in total. The van der Waals surface area contributed by atoms with Gasteiger partial charge in [-0.15, -0.1) is 0 Å². The minimum absolute atomic E-state index is 0.0389. The highest BCUT2D eigenvalue weighted by molar-refractivity contribution is 5.93. The lowest BCUT2D eigenvalue weighted by molar-refractivity contribution is -0.158. The van der Waals surface area contributed by atoms with Crippen LogP contribution in [0.5, 0.6) is 0 Å². The van der Waals surface area contributed by atoms with Gasteiger partial charge in [-0.1, -0.05) is 32.9 Å². The van der Waals surface area contributed by atoms with Gasteiger partial charge < -0.3 is 10.2 Å². The molecular formula is C23H32O4. The summed E-state index contributed by atoms with van der Waals surface area (Å²) in [5, 5.41) is 20.7. The first-order chi connectivity index (χ1) is 12.5. The highest BCUT2D eigenvalue weighted by Gasteiger charge is 2.65. The lowest BCUT2D eigenvalue weighted by Crippen LogP contribution is -2.56. The summed E-state index contributed by atoms with van der Waals surface area (Å²) in [4.78, 5) is 23.6. The molecule has 0 aromatic carbocycles. The number of carbonyl (C=O) groups excluding carboxylic acids is 1. The van der Waals surface area contributed by atoms with Crippen LogP contribution in [0, 0.1) is 34.5 Å². The van der Waals surface area contributed by atoms with Crippen molar-refractivity contribution in [3.05, 3.63) is 23.8 Å². The molecule has 0 heterocycles. The molecule has 0 saturated heterocycles. The molecule has 4 aliphatic rings. The van der Waals surface area contributed by atoms with Crippen molar-refractivity contribution in [2.75, 3.05) is 0 Å². The summed E-state index contributed by atoms with van der Waals surface area (Å²) in [5.41, 5.74) is 0.744. The number of aliphatic carboxylic acids is 1. The van der Waals surface area contributed by atoms with E-state index in [4.69, 9.17) is 0 Å². The molecule has 0 aliphatic heterocycles. The van der Waals surface area contributed by atoms with Gasteiger partial charge in [-0.25, -0.2) is 0 Å². The smallest absolute Gasteiger partial charge is 0.306 e. The molecule has 2 unspecified atom stereocenters. The van der Waals surface area contributed by atoms with E-state index in [0.29, 0.717) is 36.5 Å². The molecule has 4 rings (SSSR count). The van der Waals surface area contributed by atoms with Crippen molar-refractivity contribution in [3.8, 4) is 0 Å². The molecule has 3 fully saturated rings. The Morgan fingerprint density at radius 2 is 1.89 bits per heavy atom. The van der Waals surface area contributed by atoms with E-state index in [1.54, 1.807) is 0 Å². The Kier molecular flexibility index (Phi) is 4.06. The molecular weight excluding hydrogens is 340 g/mol. The first kappa shape index (κ1) is 18.9. The lowest BCUT2D eigenvalue weighted by Gasteiger charge is -2.61. The molecule has 4 heteroatoms. The van der Waals surface area contributed by atoms with Crippen LogP contribution in [0.15, 0.2) is 23.8 Å². The van der Waals surface area contributed by atoms with Crippen molar-refractivity contribution in [1.29, 1.82) is 0 Å². The van der Waals surface area contributed by atoms with Gasteiger partial charge in [0.2, 0.25) is 0 Å². The number of carboxylic acid groups (broad SMARTS) is 1. The number of aliphatic hydroxyl groups is 1. The van der Waals surface area contributed by atoms with Crippen LogP contribution in [0.25, 0.3) is 0 Å². The number of carbonyl (C=O) groups is 2. The fourth-order valence-corrected chi connectivity index (χ4v) is 7.56. The average molecular weight is 373 g/mol. The monoisotopic (exact) mass is 372 g/mol. The second kappa shape index (κ2) is 5.79. The lowest BCUT2D eigenvalue weighted by atomic mass is 9.44. The SMILES string of the molecule is C=C1C[C@@H]2[C@@H](CC[C@@]3(C)[C@H]2CCC3(O)CC(=O)O)[C@]2(C)C1=CC(=O)CC2C. The quantitative estimate of drug-likeness (QED) is 0.764. The zero-order valence-electron chi connectivity index (χ0n) is 16.8. The van der Waals surface area contributed by atoms with E-state index < -0.39 is 11.6 Å². The van der Waals surface area contributed by atoms with Crippen LogP contribution < -0.4 is 0 Å². The van der Waals surface area contributed by atoms with E-state index in [2.05, 4.69) is 27.4 Å². The predicted octanol–water partition coefficient (Wildman–Crippen LogP) is 4.14. The number of allylic oxidation sites excluding steroid dienone is 2. The van der Waals surface area contributed by atoms with Gasteiger partial charge in [0, 0.05) is 6.42 Å². The third-order valence-electron chi connectivity index (χ3n) is 9.25. The van der Waals surface area contributed by atoms with Crippen LogP contribution in [0.1, 0.15) is 65.7 Å². The van der Waals surface area contributed by atoms with Crippen LogP contribution in [0.2, 0.25) is 0 Å². The Bertz CT molecular complexity index is 751. The van der Waals surface area contributed by atoms with Crippen molar-refractivity contribution >= 4 is 11.8 Å². The summed E-state index contributed by atoms with van der Waals surface area (Å²) in [7, 11) is 0. The fraction of sp³-hybridized carbons (Fsp3) is 0.739. The predicted molar refractivity (Wildman–Crippen MR) is 103 cm³/mol. The highest BCUT2D eigenvalue weighted by Crippen LogP contribution is 2.69. The molecule has 0 radical (unpaired) electrons. The summed E-state index contributed by atoms with van der Waals surface area (Å²) < 4.78 is 0. The van der Waals surface area contributed by atoms with Crippen LogP contribution in [0.4, 0.5) is 0 Å². The minimum Gasteiger partial charge on any atom is -0.481 e. The van der Waals surface area contributed by atoms with Crippen molar-refractivity contribution < 1.29 is 19.8 Å². The molecule has 7 atom stereocenters. The Hall–Kier alpha value is -1.42. The van der Waals surface area contributed by atoms with Crippen molar-refractivity contribution in [3.63, 3.8) is 0 Å². The molecule has 3 saturated carbocycles. The Morgan fingerprint density at radius 1 is 1.22 bits per heavy atom. The van der Waals surface area contributed by atoms with Crippen molar-refractivity contribution in [2.24, 2.45) is 34.5 Å². The number of rotatable bonds is 2. The molecule has 148 valence electrons. The van der Waals surface area contributed by atoms with Gasteiger partial charge in [0.1, 0.15) is 0 Å². The largest absolute Gasteiger partial charge is 0.481 e. The van der Waals surface area contributed by atoms with Crippen LogP contribution in [0.3, 0.4) is 0 Å². The van der Waals surface area contributed by atoms with Gasteiger partial charge in [-0.2, -0.15) is 0 Å². The molecule has 0 aromatic heterocycles. The summed E-state index contributed by atoms with van der Waals surface area (Å²) in [6.45, 7) is 11.0. The first-order valence-corrected chi connectivity index (χ1v) is 10.4. The maximum atomic E-state index is 12.2. The summed E-state index contributed by atoms with van der Waals surface area (Å²) in [5.74, 6) is 0.802. The number of fused-ring (bicyclic) bond motifs is 5. The maximum absolute atomic E-state index is 12.2. The standard InChI is InChI=1S/C23H32O4/c1-13-9-16-17-6-8-23(27,12-20(25)26)21(17,3)7-5-18(16)22(4)14(2)10-15(24)11-19(13)22/h11,14,16-18,27H,1,5-10,12H2,2-4H3,(H,25,26)/t14?,16-,17-,18+,21-,22+,23?/m0/s1. The van der Waals surface area contributed by atoms with E-state index in [9.17, 15) is 19.8 Å². The normalized spacial score (nSPS) is 49.1. The Morgan fingerprint density at radius 3 is 2.56 bits per heavy atom. The second-order valence-electron chi connectivity index (χ2n) is 10.2. The van der Waals surface area contributed by atoms with Crippen LogP contribution >= 0.6 is 0 Å². The molecule has 0 amide bonds. The topological polar surface area (TPSA) is 74.6 Å². The van der Waals surface area contributed by atoms with E-state index in [1.165, 1.54) is 0 Å². The zero-order chi connectivity index (χ0) is 19.8. The second-order valence-corrected chi connectivity index (χ2v) is 10.2. The van der Waals surface area contributed by atoms with Crippen LogP contribution in [-0.4, -0.2) is 27.6 Å². The molecule has 2 N–H and O–H groups in total. The number of ketones is 1. The zero-order valence-corrected chi connectivity index (χ0v) is 16.8. The summed E-state index contributed by atoms with van der Waals surface area (Å²) in [6.07, 6.45) is 6.46. The minimum atomic E-state index is -1.11. The highest BCUT2D eigenvalue weighted by atomic mass is 16.4. The van der Waals surface area contributed by atoms with Gasteiger partial charge >= 0.3 is 5.97 Å². The van der Waals surface area contributed by atoms with E-state index in [-0.39, 0.29) is 23.0 Å². The first-order valence-electron chi connectivity index (χ1n) is 10.4.